The maximum absolute atomic E-state index is 8.58. The molecule has 0 fully saturated rings. The van der Waals surface area contributed by atoms with Gasteiger partial charge in [-0.15, -0.1) is 0 Å². The molecule has 0 rings (SSSR count). The van der Waals surface area contributed by atoms with Crippen LogP contribution in [-0.4, -0.2) is 11.0 Å². The van der Waals surface area contributed by atoms with Crippen molar-refractivity contribution in [1.29, 1.82) is 0 Å². The van der Waals surface area contributed by atoms with Crippen molar-refractivity contribution in [3.8, 4) is 0 Å². The summed E-state index contributed by atoms with van der Waals surface area (Å²) < 4.78 is 34.3. The fourth-order valence-electron chi connectivity index (χ4n) is 0. The van der Waals surface area contributed by atoms with Crippen molar-refractivity contribution >= 4 is 0 Å². The fraction of sp³-hybridized carbons (Fsp3) is 0. The van der Waals surface area contributed by atoms with Crippen molar-refractivity contribution in [3.05, 3.63) is 0 Å². The Balaban J connectivity index is -0.0000000133. The van der Waals surface area contributed by atoms with Crippen LogP contribution in [0.4, 0.5) is 0 Å². The number of hydrogen-bond donors (Lipinski definition) is 0. The molecule has 4 N–H and O–H groups in total. The van der Waals surface area contributed by atoms with Gasteiger partial charge in [0.15, 0.2) is 0 Å². The molecule has 0 aromatic rings. The summed E-state index contributed by atoms with van der Waals surface area (Å²) in [6, 6.07) is 0. The van der Waals surface area contributed by atoms with Crippen LogP contribution in [0, 0.1) is 0 Å². The molecule has 0 aliphatic carbocycles. The first kappa shape index (κ1) is 30.6. The summed E-state index contributed by atoms with van der Waals surface area (Å²) in [5.41, 5.74) is 0. The van der Waals surface area contributed by atoms with Crippen LogP contribution in [0.25, 0.3) is 0 Å². The van der Waals surface area contributed by atoms with Crippen LogP contribution in [0.5, 0.6) is 0 Å². The molecule has 0 aliphatic rings. The van der Waals surface area contributed by atoms with E-state index in [0.29, 0.717) is 0 Å². The first-order chi connectivity index (χ1) is 2.00. The van der Waals surface area contributed by atoms with Crippen molar-refractivity contribution < 1.29 is 99.5 Å². The van der Waals surface area contributed by atoms with Crippen molar-refractivity contribution in [2.24, 2.45) is 0 Å². The average molecular weight is 201 g/mol. The minimum absolute atomic E-state index is 0. The maximum atomic E-state index is 8.58. The Morgan fingerprint density at radius 3 is 0.889 bits per heavy atom. The SMILES string of the molecule is O.O.[Na+].[Na+].[O]=[Mn](=[O])([O-])[O-]. The first-order valence-electron chi connectivity index (χ1n) is 0.617. The molecular formula is H4MnNa2O6. The first-order valence-corrected chi connectivity index (χ1v) is 2.54. The Hall–Kier alpha value is 1.96. The summed E-state index contributed by atoms with van der Waals surface area (Å²) in [6.45, 7) is 0. The fourth-order valence-corrected chi connectivity index (χ4v) is 0. The molecule has 0 aliphatic heterocycles. The minimum atomic E-state index is -5.62. The van der Waals surface area contributed by atoms with Crippen LogP contribution >= 0.6 is 0 Å². The summed E-state index contributed by atoms with van der Waals surface area (Å²) in [5, 5.41) is 0. The molecule has 0 unspecified atom stereocenters. The second kappa shape index (κ2) is 12.6. The summed E-state index contributed by atoms with van der Waals surface area (Å²) in [6.07, 6.45) is 0. The second-order valence-corrected chi connectivity index (χ2v) is 1.56. The van der Waals surface area contributed by atoms with Crippen LogP contribution in [0.15, 0.2) is 0 Å². The molecule has 0 spiro atoms. The molecule has 9 heteroatoms. The van der Waals surface area contributed by atoms with E-state index in [1.54, 1.807) is 0 Å². The molecule has 0 aromatic carbocycles. The average Bonchev–Trinajstić information content (AvgIpc) is 0.722. The topological polar surface area (TPSA) is 143 Å². The van der Waals surface area contributed by atoms with Gasteiger partial charge in [-0.3, -0.25) is 0 Å². The van der Waals surface area contributed by atoms with Crippen LogP contribution < -0.4 is 67.5 Å². The summed E-state index contributed by atoms with van der Waals surface area (Å²) >= 11 is -5.62. The van der Waals surface area contributed by atoms with Gasteiger partial charge in [-0.1, -0.05) is 0 Å². The van der Waals surface area contributed by atoms with Gasteiger partial charge in [-0.05, 0) is 0 Å². The van der Waals surface area contributed by atoms with E-state index in [-0.39, 0.29) is 70.1 Å². The predicted molar refractivity (Wildman–Crippen MR) is 8.60 cm³/mol. The Kier molecular flexibility index (Phi) is 42.9. The van der Waals surface area contributed by atoms with E-state index >= 15 is 0 Å². The van der Waals surface area contributed by atoms with E-state index in [1.807, 2.05) is 0 Å². The van der Waals surface area contributed by atoms with Crippen LogP contribution in [0.1, 0.15) is 0 Å². The van der Waals surface area contributed by atoms with Crippen LogP contribution in [0.2, 0.25) is 0 Å². The molecule has 0 saturated heterocycles. The summed E-state index contributed by atoms with van der Waals surface area (Å²) in [4.78, 5) is 0. The van der Waals surface area contributed by atoms with E-state index in [0.717, 1.165) is 0 Å². The van der Waals surface area contributed by atoms with Crippen molar-refractivity contribution in [3.63, 3.8) is 0 Å². The molecule has 49 valence electrons. The van der Waals surface area contributed by atoms with E-state index in [4.69, 9.17) is 16.0 Å². The van der Waals surface area contributed by atoms with E-state index in [2.05, 4.69) is 0 Å². The van der Waals surface area contributed by atoms with Crippen molar-refractivity contribution in [2.75, 3.05) is 0 Å². The molecule has 0 heterocycles. The van der Waals surface area contributed by atoms with Gasteiger partial charge in [0.2, 0.25) is 0 Å². The zero-order valence-corrected chi connectivity index (χ0v) is 10.2. The van der Waals surface area contributed by atoms with Gasteiger partial charge in [-0.25, -0.2) is 0 Å². The normalized spacial score (nSPS) is 6.44. The van der Waals surface area contributed by atoms with Gasteiger partial charge < -0.3 is 11.0 Å². The third kappa shape index (κ3) is 164. The van der Waals surface area contributed by atoms with E-state index < -0.39 is 13.4 Å². The Morgan fingerprint density at radius 2 is 0.889 bits per heavy atom. The molecule has 0 radical (unpaired) electrons. The Bertz CT molecular complexity index is 94.2. The number of hydrogen-bond acceptors (Lipinski definition) is 4. The van der Waals surface area contributed by atoms with Gasteiger partial charge in [0.05, 0.1) is 0 Å². The molecule has 6 nitrogen and oxygen atoms in total. The second-order valence-electron chi connectivity index (χ2n) is 0.378. The molecule has 0 saturated carbocycles. The Labute approximate surface area is 98.1 Å². The molecular weight excluding hydrogens is 197 g/mol. The van der Waals surface area contributed by atoms with Crippen molar-refractivity contribution in [2.45, 2.75) is 0 Å². The summed E-state index contributed by atoms with van der Waals surface area (Å²) in [5.74, 6) is 0. The van der Waals surface area contributed by atoms with E-state index in [1.165, 1.54) is 0 Å². The molecule has 0 bridgehead atoms. The van der Waals surface area contributed by atoms with Crippen molar-refractivity contribution in [1.82, 2.24) is 0 Å². The Morgan fingerprint density at radius 1 is 0.889 bits per heavy atom. The zero-order valence-electron chi connectivity index (χ0n) is 5.01. The number of rotatable bonds is 0. The third-order valence-electron chi connectivity index (χ3n) is 0. The van der Waals surface area contributed by atoms with Gasteiger partial charge in [0.1, 0.15) is 0 Å². The van der Waals surface area contributed by atoms with Gasteiger partial charge in [0.25, 0.3) is 0 Å². The third-order valence-corrected chi connectivity index (χ3v) is 0. The van der Waals surface area contributed by atoms with Gasteiger partial charge in [0, 0.05) is 0 Å². The van der Waals surface area contributed by atoms with Gasteiger partial charge >= 0.3 is 88.5 Å². The predicted octanol–water partition coefficient (Wildman–Crippen LogP) is -10.3. The molecule has 0 atom stereocenters. The molecule has 9 heavy (non-hydrogen) atoms. The zero-order chi connectivity index (χ0) is 4.50. The quantitative estimate of drug-likeness (QED) is 0.358. The van der Waals surface area contributed by atoms with E-state index in [9.17, 15) is 0 Å². The molecule has 0 amide bonds. The summed E-state index contributed by atoms with van der Waals surface area (Å²) in [7, 11) is 0. The molecule has 0 aromatic heterocycles. The monoisotopic (exact) mass is 201 g/mol. The van der Waals surface area contributed by atoms with Crippen LogP contribution in [0.3, 0.4) is 0 Å². The standard InChI is InChI=1S/Mn.2Na.2H2O.4O/h;;;2*1H2;;;;/q;2*+1;;;;;2*-1. The van der Waals surface area contributed by atoms with Crippen LogP contribution in [-0.2, 0) is 21.0 Å². The van der Waals surface area contributed by atoms with Gasteiger partial charge in [-0.2, -0.15) is 0 Å².